The molecule has 1 unspecified atom stereocenters. The van der Waals surface area contributed by atoms with Gasteiger partial charge in [-0.05, 0) is 47.3 Å². The van der Waals surface area contributed by atoms with Crippen LogP contribution in [0.25, 0.3) is 0 Å². The molecule has 6 rings (SSSR count). The van der Waals surface area contributed by atoms with Crippen LogP contribution in [0, 0.1) is 10.1 Å². The summed E-state index contributed by atoms with van der Waals surface area (Å²) in [6.07, 6.45) is 8.79. The lowest BCUT2D eigenvalue weighted by atomic mass is 10.00. The highest BCUT2D eigenvalue weighted by Crippen LogP contribution is 2.43. The summed E-state index contributed by atoms with van der Waals surface area (Å²) < 4.78 is 11.4. The van der Waals surface area contributed by atoms with Gasteiger partial charge in [0.15, 0.2) is 5.78 Å². The molecule has 4 heterocycles. The molecular formula is C39H41ClN9O6+. The summed E-state index contributed by atoms with van der Waals surface area (Å²) >= 11 is 6.80. The van der Waals surface area contributed by atoms with Gasteiger partial charge in [-0.25, -0.2) is 14.8 Å². The molecule has 2 amide bonds. The van der Waals surface area contributed by atoms with Crippen LogP contribution in [0.4, 0.5) is 28.1 Å². The minimum absolute atomic E-state index is 0.0961. The molecule has 2 aromatic carbocycles. The van der Waals surface area contributed by atoms with Crippen molar-refractivity contribution in [3.05, 3.63) is 122 Å². The fourth-order valence-corrected chi connectivity index (χ4v) is 6.79. The van der Waals surface area contributed by atoms with Gasteiger partial charge < -0.3 is 29.4 Å². The molecule has 55 heavy (non-hydrogen) atoms. The van der Waals surface area contributed by atoms with Crippen molar-refractivity contribution in [3.8, 4) is 11.5 Å². The Labute approximate surface area is 323 Å². The molecule has 15 nitrogen and oxygen atoms in total. The van der Waals surface area contributed by atoms with Crippen LogP contribution in [0.3, 0.4) is 0 Å². The van der Waals surface area contributed by atoms with E-state index in [1.807, 2.05) is 51.4 Å². The number of pyridine rings is 1. The van der Waals surface area contributed by atoms with E-state index in [9.17, 15) is 19.7 Å². The van der Waals surface area contributed by atoms with E-state index in [1.165, 1.54) is 19.1 Å². The quantitative estimate of drug-likeness (QED) is 0.0596. The highest BCUT2D eigenvalue weighted by atomic mass is 35.5. The van der Waals surface area contributed by atoms with E-state index >= 15 is 0 Å². The third kappa shape index (κ3) is 8.79. The number of fused-ring (bicyclic) bond motifs is 1. The molecule has 0 radical (unpaired) electrons. The number of hydrogen-bond donors (Lipinski definition) is 1. The number of allylic oxidation sites excluding steroid dienone is 1. The number of nitro groups is 1. The van der Waals surface area contributed by atoms with Gasteiger partial charge >= 0.3 is 11.9 Å². The summed E-state index contributed by atoms with van der Waals surface area (Å²) in [4.78, 5) is 59.3. The minimum atomic E-state index is -0.556. The van der Waals surface area contributed by atoms with E-state index in [-0.39, 0.29) is 35.5 Å². The minimum Gasteiger partial charge on any atom is -0.497 e. The van der Waals surface area contributed by atoms with Gasteiger partial charge in [0.25, 0.3) is 0 Å². The fraction of sp³-hybridized carbons (Fsp3) is 0.282. The van der Waals surface area contributed by atoms with E-state index in [4.69, 9.17) is 26.1 Å². The second-order valence-electron chi connectivity index (χ2n) is 13.7. The number of ether oxygens (including phenoxy) is 2. The van der Waals surface area contributed by atoms with Crippen molar-refractivity contribution in [2.45, 2.75) is 32.4 Å². The van der Waals surface area contributed by atoms with Gasteiger partial charge in [-0.1, -0.05) is 46.9 Å². The second-order valence-corrected chi connectivity index (χ2v) is 14.1. The third-order valence-corrected chi connectivity index (χ3v) is 9.62. The van der Waals surface area contributed by atoms with Gasteiger partial charge in [0.1, 0.15) is 40.9 Å². The second kappa shape index (κ2) is 16.4. The maximum absolute atomic E-state index is 14.7. The van der Waals surface area contributed by atoms with Gasteiger partial charge in [0, 0.05) is 42.9 Å². The highest BCUT2D eigenvalue weighted by molar-refractivity contribution is 6.35. The number of quaternary nitrogens is 1. The Bertz CT molecular complexity index is 2210. The largest absolute Gasteiger partial charge is 0.497 e. The predicted molar refractivity (Wildman–Crippen MR) is 210 cm³/mol. The number of carbonyl (C=O) groups is 2. The molecule has 0 aliphatic carbocycles. The summed E-state index contributed by atoms with van der Waals surface area (Å²) in [6, 6.07) is 15.3. The number of anilines is 4. The molecule has 284 valence electrons. The van der Waals surface area contributed by atoms with Crippen LogP contribution in [0.15, 0.2) is 95.5 Å². The van der Waals surface area contributed by atoms with Gasteiger partial charge in [0.2, 0.25) is 5.95 Å². The number of likely N-dealkylation sites (N-methyl/N-ethyl adjacent to an activating group) is 1. The molecule has 0 bridgehead atoms. The molecular weight excluding hydrogens is 726 g/mol. The first kappa shape index (κ1) is 38.5. The van der Waals surface area contributed by atoms with E-state index < -0.39 is 17.0 Å². The molecule has 0 fully saturated rings. The molecule has 4 aromatic rings. The molecule has 0 spiro atoms. The Morgan fingerprint density at radius 1 is 1.13 bits per heavy atom. The Hall–Kier alpha value is -6.19. The normalized spacial score (nSPS) is 14.7. The van der Waals surface area contributed by atoms with E-state index in [2.05, 4.69) is 20.3 Å². The number of amides is 2. The Morgan fingerprint density at radius 2 is 1.95 bits per heavy atom. The number of aliphatic imine (C=N–C) groups is 1. The van der Waals surface area contributed by atoms with Crippen molar-refractivity contribution in [2.24, 2.45) is 4.99 Å². The number of aromatic nitrogens is 3. The SMILES string of the molecule is COc1cc(OC)c(Cl)c(N2Cc3cnc(Nc4ccccn4)nc3N(C(C)c3cccc(CC(=O)/C=C/C[N+](C)(C)CC4=C([N+](=O)[O-])N=CC4)c3)C2=O)c1. The van der Waals surface area contributed by atoms with E-state index in [0.29, 0.717) is 64.0 Å². The third-order valence-electron chi connectivity index (χ3n) is 9.24. The summed E-state index contributed by atoms with van der Waals surface area (Å²) in [7, 11) is 6.91. The zero-order chi connectivity index (χ0) is 39.3. The monoisotopic (exact) mass is 766 g/mol. The van der Waals surface area contributed by atoms with Gasteiger partial charge in [-0.3, -0.25) is 14.6 Å². The number of hydrogen-bond acceptors (Lipinski definition) is 11. The summed E-state index contributed by atoms with van der Waals surface area (Å²) in [6.45, 7) is 2.94. The first-order chi connectivity index (χ1) is 26.4. The van der Waals surface area contributed by atoms with Crippen molar-refractivity contribution in [1.82, 2.24) is 15.0 Å². The lowest BCUT2D eigenvalue weighted by molar-refractivity contribution is -0.880. The topological polar surface area (TPSA) is 165 Å². The summed E-state index contributed by atoms with van der Waals surface area (Å²) in [5, 5.41) is 14.7. The number of nitrogens with one attached hydrogen (secondary N) is 1. The highest BCUT2D eigenvalue weighted by Gasteiger charge is 2.38. The van der Waals surface area contributed by atoms with Crippen molar-refractivity contribution in [2.75, 3.05) is 56.5 Å². The number of halogens is 1. The number of methoxy groups -OCH3 is 2. The van der Waals surface area contributed by atoms with E-state index in [1.54, 1.807) is 59.9 Å². The van der Waals surface area contributed by atoms with Gasteiger partial charge in [-0.2, -0.15) is 4.98 Å². The van der Waals surface area contributed by atoms with Crippen LogP contribution in [0.2, 0.25) is 5.02 Å². The van der Waals surface area contributed by atoms with Crippen LogP contribution >= 0.6 is 11.6 Å². The molecule has 0 saturated heterocycles. The van der Waals surface area contributed by atoms with Crippen LogP contribution < -0.4 is 24.6 Å². The van der Waals surface area contributed by atoms with E-state index in [0.717, 1.165) is 11.1 Å². The molecule has 2 aliphatic heterocycles. The van der Waals surface area contributed by atoms with Gasteiger partial charge in [-0.15, -0.1) is 0 Å². The molecule has 2 aliphatic rings. The number of ketones is 1. The summed E-state index contributed by atoms with van der Waals surface area (Å²) in [5.41, 5.74) is 3.26. The summed E-state index contributed by atoms with van der Waals surface area (Å²) in [5.74, 6) is 1.81. The smallest absolute Gasteiger partial charge is 0.368 e. The average molecular weight is 767 g/mol. The molecule has 1 N–H and O–H groups in total. The zero-order valence-electron chi connectivity index (χ0n) is 31.1. The van der Waals surface area contributed by atoms with Crippen LogP contribution in [-0.2, 0) is 17.8 Å². The van der Waals surface area contributed by atoms with Gasteiger partial charge in [0.05, 0.1) is 58.7 Å². The standard InChI is InChI=1S/C39H41ClN9O6/c1-25(27-11-8-10-26(18-27)19-30(50)12-9-17-49(2,3)24-28-14-16-42-36(28)48(52)53)47-37-29(22-43-38(45-37)44-34-13-6-7-15-41-34)23-46(39(47)51)32-20-31(54-4)21-33(55-5)35(32)40/h6-13,15-16,18,20-22,25H,14,17,19,23-24H2,1-5H3,(H,41,43,44,45)/q+1/b12-9+. The van der Waals surface area contributed by atoms with Crippen LogP contribution in [-0.4, -0.2) is 83.8 Å². The van der Waals surface area contributed by atoms with Crippen molar-refractivity contribution < 1.29 is 28.5 Å². The zero-order valence-corrected chi connectivity index (χ0v) is 31.9. The lowest BCUT2D eigenvalue weighted by Crippen LogP contribution is -2.49. The number of urea groups is 1. The fourth-order valence-electron chi connectivity index (χ4n) is 6.51. The first-order valence-electron chi connectivity index (χ1n) is 17.4. The number of carbonyl (C=O) groups excluding carboxylic acids is 2. The van der Waals surface area contributed by atoms with Crippen molar-refractivity contribution in [1.29, 1.82) is 0 Å². The Kier molecular flexibility index (Phi) is 11.5. The van der Waals surface area contributed by atoms with Crippen molar-refractivity contribution in [3.63, 3.8) is 0 Å². The molecule has 2 aromatic heterocycles. The lowest BCUT2D eigenvalue weighted by Gasteiger charge is -2.39. The van der Waals surface area contributed by atoms with Crippen LogP contribution in [0.1, 0.15) is 36.1 Å². The first-order valence-corrected chi connectivity index (χ1v) is 17.8. The Balaban J connectivity index is 1.26. The maximum Gasteiger partial charge on any atom is 0.368 e. The van der Waals surface area contributed by atoms with Crippen molar-refractivity contribution >= 4 is 52.9 Å². The number of rotatable bonds is 15. The average Bonchev–Trinajstić information content (AvgIpc) is 3.63. The number of nitrogens with zero attached hydrogens (tertiary/aromatic N) is 8. The Morgan fingerprint density at radius 3 is 2.67 bits per heavy atom. The number of benzene rings is 2. The molecule has 1 atom stereocenters. The predicted octanol–water partition coefficient (Wildman–Crippen LogP) is 6.70. The van der Waals surface area contributed by atoms with Crippen LogP contribution in [0.5, 0.6) is 11.5 Å². The molecule has 0 saturated carbocycles. The molecule has 16 heteroatoms. The maximum atomic E-state index is 14.7.